The first-order valence-corrected chi connectivity index (χ1v) is 10.5. The molecule has 1 fully saturated rings. The highest BCUT2D eigenvalue weighted by molar-refractivity contribution is 6.83. The van der Waals surface area contributed by atoms with E-state index in [2.05, 4.69) is 31.1 Å². The summed E-state index contributed by atoms with van der Waals surface area (Å²) >= 11 is 0. The van der Waals surface area contributed by atoms with Crippen LogP contribution >= 0.6 is 0 Å². The maximum Gasteiger partial charge on any atom is 0.227 e. The van der Waals surface area contributed by atoms with Crippen molar-refractivity contribution in [1.82, 2.24) is 0 Å². The van der Waals surface area contributed by atoms with Gasteiger partial charge >= 0.3 is 0 Å². The van der Waals surface area contributed by atoms with Gasteiger partial charge in [-0.15, -0.1) is 5.54 Å². The summed E-state index contributed by atoms with van der Waals surface area (Å²) < 4.78 is 0. The lowest BCUT2D eigenvalue weighted by atomic mass is 10.1. The topological polar surface area (TPSA) is 63.4 Å². The number of amides is 2. The number of rotatable bonds is 2. The van der Waals surface area contributed by atoms with E-state index in [-0.39, 0.29) is 12.3 Å². The fourth-order valence-corrected chi connectivity index (χ4v) is 2.71. The van der Waals surface area contributed by atoms with E-state index in [1.54, 1.807) is 4.90 Å². The number of hydrogen-bond donors (Lipinski definition) is 1. The fraction of sp³-hybridized carbons (Fsp3) is 0.375. The molecule has 0 bridgehead atoms. The first-order valence-electron chi connectivity index (χ1n) is 7.00. The molecule has 1 saturated heterocycles. The normalized spacial score (nSPS) is 18.3. The molecule has 110 valence electrons. The van der Waals surface area contributed by atoms with Crippen LogP contribution < -0.4 is 10.6 Å². The zero-order chi connectivity index (χ0) is 15.6. The van der Waals surface area contributed by atoms with Crippen LogP contribution in [-0.4, -0.2) is 26.4 Å². The molecule has 2 amide bonds. The molecule has 4 nitrogen and oxygen atoms in total. The smallest absolute Gasteiger partial charge is 0.227 e. The highest BCUT2D eigenvalue weighted by Crippen LogP contribution is 2.27. The highest BCUT2D eigenvalue weighted by atomic mass is 28.3. The second-order valence-electron chi connectivity index (χ2n) is 6.32. The Bertz CT molecular complexity index is 638. The quantitative estimate of drug-likeness (QED) is 0.668. The van der Waals surface area contributed by atoms with Crippen molar-refractivity contribution in [3.63, 3.8) is 0 Å². The van der Waals surface area contributed by atoms with Crippen LogP contribution in [0.1, 0.15) is 12.0 Å². The van der Waals surface area contributed by atoms with E-state index >= 15 is 0 Å². The van der Waals surface area contributed by atoms with E-state index in [0.29, 0.717) is 6.54 Å². The van der Waals surface area contributed by atoms with Crippen LogP contribution in [0.5, 0.6) is 0 Å². The SMILES string of the molecule is C[Si](C)(C)C#Cc1ccccc1N1CC(C(N)=O)CC1=O. The molecule has 1 aromatic rings. The Kier molecular flexibility index (Phi) is 4.19. The number of para-hydroxylation sites is 1. The summed E-state index contributed by atoms with van der Waals surface area (Å²) in [6.45, 7) is 6.87. The zero-order valence-corrected chi connectivity index (χ0v) is 13.6. The maximum atomic E-state index is 12.1. The van der Waals surface area contributed by atoms with Gasteiger partial charge in [-0.05, 0) is 12.1 Å². The van der Waals surface area contributed by atoms with E-state index in [1.165, 1.54) is 0 Å². The minimum atomic E-state index is -1.49. The third kappa shape index (κ3) is 3.73. The lowest BCUT2D eigenvalue weighted by Gasteiger charge is -2.18. The first kappa shape index (κ1) is 15.3. The van der Waals surface area contributed by atoms with Gasteiger partial charge in [0.05, 0.1) is 11.6 Å². The van der Waals surface area contributed by atoms with Crippen LogP contribution in [0.25, 0.3) is 0 Å². The summed E-state index contributed by atoms with van der Waals surface area (Å²) in [4.78, 5) is 25.0. The number of carbonyl (C=O) groups is 2. The lowest BCUT2D eigenvalue weighted by Crippen LogP contribution is -2.28. The van der Waals surface area contributed by atoms with Crippen molar-refractivity contribution >= 4 is 25.6 Å². The average Bonchev–Trinajstić information content (AvgIpc) is 2.78. The third-order valence-electron chi connectivity index (χ3n) is 3.29. The molecule has 1 aliphatic heterocycles. The highest BCUT2D eigenvalue weighted by Gasteiger charge is 2.34. The molecule has 21 heavy (non-hydrogen) atoms. The van der Waals surface area contributed by atoms with Gasteiger partial charge in [0.2, 0.25) is 11.8 Å². The molecule has 0 radical (unpaired) electrons. The Hall–Kier alpha value is -2.06. The summed E-state index contributed by atoms with van der Waals surface area (Å²) in [6, 6.07) is 7.56. The van der Waals surface area contributed by atoms with E-state index in [4.69, 9.17) is 5.73 Å². The molecule has 0 aromatic heterocycles. The number of benzene rings is 1. The average molecular weight is 300 g/mol. The summed E-state index contributed by atoms with van der Waals surface area (Å²) in [5.74, 6) is 2.30. The Morgan fingerprint density at radius 3 is 2.57 bits per heavy atom. The number of nitrogens with zero attached hydrogens (tertiary/aromatic N) is 1. The van der Waals surface area contributed by atoms with Gasteiger partial charge in [-0.3, -0.25) is 9.59 Å². The minimum absolute atomic E-state index is 0.0685. The number of hydrogen-bond acceptors (Lipinski definition) is 2. The van der Waals surface area contributed by atoms with Gasteiger partial charge in [0, 0.05) is 18.5 Å². The summed E-state index contributed by atoms with van der Waals surface area (Å²) in [5.41, 5.74) is 10.2. The van der Waals surface area contributed by atoms with Gasteiger partial charge in [-0.1, -0.05) is 37.7 Å². The molecule has 1 unspecified atom stereocenters. The monoisotopic (exact) mass is 300 g/mol. The van der Waals surface area contributed by atoms with Crippen LogP contribution in [-0.2, 0) is 9.59 Å². The van der Waals surface area contributed by atoms with Crippen LogP contribution in [0.15, 0.2) is 24.3 Å². The van der Waals surface area contributed by atoms with Crippen molar-refractivity contribution in [3.05, 3.63) is 29.8 Å². The molecule has 2 N–H and O–H groups in total. The van der Waals surface area contributed by atoms with Gasteiger partial charge in [-0.25, -0.2) is 0 Å². The Morgan fingerprint density at radius 2 is 2.00 bits per heavy atom. The molecular weight excluding hydrogens is 280 g/mol. The minimum Gasteiger partial charge on any atom is -0.369 e. The summed E-state index contributed by atoms with van der Waals surface area (Å²) in [5, 5.41) is 0. The second-order valence-corrected chi connectivity index (χ2v) is 11.1. The molecule has 2 rings (SSSR count). The molecule has 5 heteroatoms. The van der Waals surface area contributed by atoms with E-state index < -0.39 is 19.9 Å². The van der Waals surface area contributed by atoms with Crippen molar-refractivity contribution in [2.75, 3.05) is 11.4 Å². The fourth-order valence-electron chi connectivity index (χ4n) is 2.20. The molecular formula is C16H20N2O2Si. The van der Waals surface area contributed by atoms with Crippen molar-refractivity contribution in [3.8, 4) is 11.5 Å². The second kappa shape index (κ2) is 5.74. The lowest BCUT2D eigenvalue weighted by molar-refractivity contribution is -0.123. The molecule has 0 saturated carbocycles. The molecule has 0 aliphatic carbocycles. The maximum absolute atomic E-state index is 12.1. The zero-order valence-electron chi connectivity index (χ0n) is 12.6. The van der Waals surface area contributed by atoms with Crippen molar-refractivity contribution in [1.29, 1.82) is 0 Å². The largest absolute Gasteiger partial charge is 0.369 e. The van der Waals surface area contributed by atoms with Crippen LogP contribution in [0.2, 0.25) is 19.6 Å². The van der Waals surface area contributed by atoms with Crippen LogP contribution in [0.3, 0.4) is 0 Å². The Morgan fingerprint density at radius 1 is 1.33 bits per heavy atom. The Balaban J connectivity index is 2.34. The molecule has 1 atom stereocenters. The molecule has 1 heterocycles. The summed E-state index contributed by atoms with van der Waals surface area (Å²) in [6.07, 6.45) is 0.186. The number of anilines is 1. The summed E-state index contributed by atoms with van der Waals surface area (Å²) in [7, 11) is -1.49. The standard InChI is InChI=1S/C16H20N2O2Si/c1-21(2,3)9-8-12-6-4-5-7-14(12)18-11-13(16(17)20)10-15(18)19/h4-7,13H,10-11H2,1-3H3,(H2,17,20). The first-order chi connectivity index (χ1) is 9.78. The number of primary amides is 1. The predicted octanol–water partition coefficient (Wildman–Crippen LogP) is 1.75. The van der Waals surface area contributed by atoms with Crippen molar-refractivity contribution < 1.29 is 9.59 Å². The Labute approximate surface area is 126 Å². The molecule has 0 spiro atoms. The van der Waals surface area contributed by atoms with Gasteiger partial charge in [0.1, 0.15) is 8.07 Å². The van der Waals surface area contributed by atoms with Gasteiger partial charge < -0.3 is 10.6 Å². The van der Waals surface area contributed by atoms with Crippen molar-refractivity contribution in [2.45, 2.75) is 26.1 Å². The third-order valence-corrected chi connectivity index (χ3v) is 4.17. The van der Waals surface area contributed by atoms with Gasteiger partial charge in [0.15, 0.2) is 0 Å². The molecule has 1 aliphatic rings. The number of nitrogens with two attached hydrogens (primary N) is 1. The number of carbonyl (C=O) groups excluding carboxylic acids is 2. The van der Waals surface area contributed by atoms with Gasteiger partial charge in [-0.2, -0.15) is 0 Å². The van der Waals surface area contributed by atoms with E-state index in [1.807, 2.05) is 24.3 Å². The van der Waals surface area contributed by atoms with E-state index in [0.717, 1.165) is 11.3 Å². The van der Waals surface area contributed by atoms with E-state index in [9.17, 15) is 9.59 Å². The van der Waals surface area contributed by atoms with Crippen LogP contribution in [0.4, 0.5) is 5.69 Å². The van der Waals surface area contributed by atoms with Crippen LogP contribution in [0, 0.1) is 17.4 Å². The van der Waals surface area contributed by atoms with Crippen molar-refractivity contribution in [2.24, 2.45) is 11.7 Å². The predicted molar refractivity (Wildman–Crippen MR) is 86.3 cm³/mol. The molecule has 1 aromatic carbocycles. The van der Waals surface area contributed by atoms with Gasteiger partial charge in [0.25, 0.3) is 0 Å².